The Morgan fingerprint density at radius 2 is 1.53 bits per heavy atom. The summed E-state index contributed by atoms with van der Waals surface area (Å²) in [5.41, 5.74) is 8.59. The van der Waals surface area contributed by atoms with Gasteiger partial charge in [0.2, 0.25) is 5.91 Å². The van der Waals surface area contributed by atoms with Crippen LogP contribution in [0.3, 0.4) is 0 Å². The summed E-state index contributed by atoms with van der Waals surface area (Å²) >= 11 is 5.87. The van der Waals surface area contributed by atoms with E-state index < -0.39 is 0 Å². The maximum absolute atomic E-state index is 10.9. The lowest BCUT2D eigenvalue weighted by Crippen LogP contribution is -2.13. The first-order valence-electron chi connectivity index (χ1n) is 6.20. The van der Waals surface area contributed by atoms with Crippen molar-refractivity contribution in [2.24, 2.45) is 5.73 Å². The molecule has 2 aromatic carbocycles. The molecule has 0 fully saturated rings. The quantitative estimate of drug-likeness (QED) is 0.899. The summed E-state index contributed by atoms with van der Waals surface area (Å²) in [5, 5.41) is 0.732. The van der Waals surface area contributed by atoms with Crippen LogP contribution in [0.5, 0.6) is 0 Å². The molecule has 0 aromatic heterocycles. The topological polar surface area (TPSA) is 43.1 Å². The predicted molar refractivity (Wildman–Crippen MR) is 79.1 cm³/mol. The Balaban J connectivity index is 2.18. The van der Waals surface area contributed by atoms with Gasteiger partial charge in [0, 0.05) is 11.4 Å². The van der Waals surface area contributed by atoms with Crippen LogP contribution in [0.15, 0.2) is 48.5 Å². The molecule has 0 aliphatic heterocycles. The minimum Gasteiger partial charge on any atom is -0.370 e. The van der Waals surface area contributed by atoms with Crippen LogP contribution in [0.25, 0.3) is 11.1 Å². The van der Waals surface area contributed by atoms with Gasteiger partial charge in [0.05, 0.1) is 0 Å². The molecule has 2 N–H and O–H groups in total. The fourth-order valence-electron chi connectivity index (χ4n) is 2.07. The minimum atomic E-state index is -0.269. The molecular weight excluding hydrogens is 258 g/mol. The number of nitrogens with two attached hydrogens (primary N) is 1. The van der Waals surface area contributed by atoms with Crippen LogP contribution in [0.4, 0.5) is 0 Å². The van der Waals surface area contributed by atoms with Crippen LogP contribution in [0, 0.1) is 0 Å². The van der Waals surface area contributed by atoms with Gasteiger partial charge in [0.25, 0.3) is 0 Å². The first-order chi connectivity index (χ1) is 9.06. The van der Waals surface area contributed by atoms with Crippen LogP contribution < -0.4 is 5.73 Å². The van der Waals surface area contributed by atoms with Crippen LogP contribution >= 0.6 is 11.6 Å². The molecule has 0 heterocycles. The lowest BCUT2D eigenvalue weighted by molar-refractivity contribution is -0.118. The molecule has 2 nitrogen and oxygen atoms in total. The lowest BCUT2D eigenvalue weighted by atomic mass is 9.95. The number of rotatable bonds is 4. The smallest absolute Gasteiger partial charge is 0.218 e. The second-order valence-electron chi connectivity index (χ2n) is 4.70. The zero-order chi connectivity index (χ0) is 13.8. The van der Waals surface area contributed by atoms with Crippen LogP contribution in [-0.2, 0) is 4.79 Å². The fourth-order valence-corrected chi connectivity index (χ4v) is 2.19. The average Bonchev–Trinajstić information content (AvgIpc) is 2.39. The number of amides is 1. The Labute approximate surface area is 118 Å². The van der Waals surface area contributed by atoms with Crippen molar-refractivity contribution in [1.82, 2.24) is 0 Å². The van der Waals surface area contributed by atoms with E-state index in [0.717, 1.165) is 21.7 Å². The number of carbonyl (C=O) groups is 1. The molecule has 0 saturated heterocycles. The SMILES string of the molecule is CC(CC(N)=O)c1ccc(-c2ccc(Cl)cc2)cc1. The highest BCUT2D eigenvalue weighted by Crippen LogP contribution is 2.25. The van der Waals surface area contributed by atoms with E-state index in [1.54, 1.807) is 0 Å². The second-order valence-corrected chi connectivity index (χ2v) is 5.14. The predicted octanol–water partition coefficient (Wildman–Crippen LogP) is 3.99. The van der Waals surface area contributed by atoms with Crippen molar-refractivity contribution in [3.63, 3.8) is 0 Å². The average molecular weight is 274 g/mol. The van der Waals surface area contributed by atoms with Crippen LogP contribution in [0.2, 0.25) is 5.02 Å². The second kappa shape index (κ2) is 5.89. The molecule has 3 heteroatoms. The van der Waals surface area contributed by atoms with Gasteiger partial charge in [-0.1, -0.05) is 54.9 Å². The zero-order valence-corrected chi connectivity index (χ0v) is 11.5. The molecule has 0 radical (unpaired) electrons. The fraction of sp³-hybridized carbons (Fsp3) is 0.188. The number of primary amides is 1. The van der Waals surface area contributed by atoms with Gasteiger partial charge in [-0.3, -0.25) is 4.79 Å². The van der Waals surface area contributed by atoms with E-state index in [0.29, 0.717) is 6.42 Å². The van der Waals surface area contributed by atoms with Crippen molar-refractivity contribution in [2.75, 3.05) is 0 Å². The van der Waals surface area contributed by atoms with E-state index in [4.69, 9.17) is 17.3 Å². The van der Waals surface area contributed by atoms with Gasteiger partial charge >= 0.3 is 0 Å². The number of halogens is 1. The Hall–Kier alpha value is -1.80. The van der Waals surface area contributed by atoms with Crippen molar-refractivity contribution < 1.29 is 4.79 Å². The summed E-state index contributed by atoms with van der Waals surface area (Å²) in [6.45, 7) is 2.00. The highest BCUT2D eigenvalue weighted by Gasteiger charge is 2.08. The van der Waals surface area contributed by atoms with Gasteiger partial charge in [-0.2, -0.15) is 0 Å². The summed E-state index contributed by atoms with van der Waals surface area (Å²) in [6, 6.07) is 15.9. The van der Waals surface area contributed by atoms with E-state index in [2.05, 4.69) is 12.1 Å². The highest BCUT2D eigenvalue weighted by molar-refractivity contribution is 6.30. The summed E-state index contributed by atoms with van der Waals surface area (Å²) < 4.78 is 0. The van der Waals surface area contributed by atoms with Gasteiger partial charge in [-0.05, 0) is 34.7 Å². The monoisotopic (exact) mass is 273 g/mol. The number of hydrogen-bond donors (Lipinski definition) is 1. The van der Waals surface area contributed by atoms with Gasteiger partial charge in [0.15, 0.2) is 0 Å². The van der Waals surface area contributed by atoms with Gasteiger partial charge in [-0.15, -0.1) is 0 Å². The summed E-state index contributed by atoms with van der Waals surface area (Å²) in [7, 11) is 0. The van der Waals surface area contributed by atoms with Crippen molar-refractivity contribution in [3.05, 3.63) is 59.1 Å². The highest BCUT2D eigenvalue weighted by atomic mass is 35.5. The third-order valence-electron chi connectivity index (χ3n) is 3.16. The van der Waals surface area contributed by atoms with Crippen molar-refractivity contribution in [3.8, 4) is 11.1 Å². The normalized spacial score (nSPS) is 12.1. The Morgan fingerprint density at radius 3 is 2.00 bits per heavy atom. The maximum Gasteiger partial charge on any atom is 0.218 e. The summed E-state index contributed by atoms with van der Waals surface area (Å²) in [5.74, 6) is -0.119. The van der Waals surface area contributed by atoms with E-state index in [-0.39, 0.29) is 11.8 Å². The first-order valence-corrected chi connectivity index (χ1v) is 6.58. The minimum absolute atomic E-state index is 0.150. The van der Waals surface area contributed by atoms with Crippen molar-refractivity contribution >= 4 is 17.5 Å². The molecule has 0 aliphatic rings. The number of carbonyl (C=O) groups excluding carboxylic acids is 1. The van der Waals surface area contributed by atoms with Gasteiger partial charge < -0.3 is 5.73 Å². The molecule has 1 unspecified atom stereocenters. The lowest BCUT2D eigenvalue weighted by Gasteiger charge is -2.10. The summed E-state index contributed by atoms with van der Waals surface area (Å²) in [6.07, 6.45) is 0.375. The Bertz CT molecular complexity index is 560. The maximum atomic E-state index is 10.9. The molecule has 0 saturated carbocycles. The number of benzene rings is 2. The molecule has 0 spiro atoms. The van der Waals surface area contributed by atoms with Gasteiger partial charge in [0.1, 0.15) is 0 Å². The molecule has 98 valence electrons. The van der Waals surface area contributed by atoms with E-state index in [1.807, 2.05) is 43.3 Å². The standard InChI is InChI=1S/C16H16ClNO/c1-11(10-16(18)19)12-2-4-13(5-3-12)14-6-8-15(17)9-7-14/h2-9,11H,10H2,1H3,(H2,18,19). The molecule has 2 rings (SSSR count). The summed E-state index contributed by atoms with van der Waals surface area (Å²) in [4.78, 5) is 10.9. The third kappa shape index (κ3) is 3.58. The molecule has 0 aliphatic carbocycles. The van der Waals surface area contributed by atoms with E-state index in [1.165, 1.54) is 0 Å². The van der Waals surface area contributed by atoms with Crippen LogP contribution in [-0.4, -0.2) is 5.91 Å². The largest absolute Gasteiger partial charge is 0.370 e. The van der Waals surface area contributed by atoms with Crippen molar-refractivity contribution in [2.45, 2.75) is 19.3 Å². The zero-order valence-electron chi connectivity index (χ0n) is 10.8. The van der Waals surface area contributed by atoms with Crippen LogP contribution in [0.1, 0.15) is 24.8 Å². The van der Waals surface area contributed by atoms with Crippen molar-refractivity contribution in [1.29, 1.82) is 0 Å². The first kappa shape index (κ1) is 13.6. The van der Waals surface area contributed by atoms with Gasteiger partial charge in [-0.25, -0.2) is 0 Å². The molecule has 1 amide bonds. The third-order valence-corrected chi connectivity index (χ3v) is 3.42. The molecule has 19 heavy (non-hydrogen) atoms. The Morgan fingerprint density at radius 1 is 1.05 bits per heavy atom. The molecule has 0 bridgehead atoms. The molecule has 1 atom stereocenters. The van der Waals surface area contributed by atoms with E-state index in [9.17, 15) is 4.79 Å². The Kier molecular flexibility index (Phi) is 4.23. The molecular formula is C16H16ClNO. The molecule has 2 aromatic rings. The number of hydrogen-bond acceptors (Lipinski definition) is 1. The van der Waals surface area contributed by atoms with E-state index >= 15 is 0 Å².